The molecule has 1 aliphatic heterocycles. The Morgan fingerprint density at radius 1 is 1.07 bits per heavy atom. The van der Waals surface area contributed by atoms with Crippen molar-refractivity contribution in [2.45, 2.75) is 33.3 Å². The number of nitrogens with one attached hydrogen (secondary N) is 1. The maximum atomic E-state index is 11.9. The Bertz CT molecular complexity index is 1470. The molecule has 11 nitrogen and oxygen atoms in total. The van der Waals surface area contributed by atoms with Gasteiger partial charge in [-0.15, -0.1) is 0 Å². The predicted molar refractivity (Wildman–Crippen MR) is 156 cm³/mol. The summed E-state index contributed by atoms with van der Waals surface area (Å²) in [6.45, 7) is 6.17. The van der Waals surface area contributed by atoms with Gasteiger partial charge in [-0.2, -0.15) is 10.1 Å². The van der Waals surface area contributed by atoms with Crippen molar-refractivity contribution < 1.29 is 14.6 Å². The molecule has 0 aliphatic carbocycles. The van der Waals surface area contributed by atoms with Gasteiger partial charge in [-0.25, -0.2) is 4.98 Å². The maximum absolute atomic E-state index is 11.9. The molecule has 0 fully saturated rings. The second-order valence-electron chi connectivity index (χ2n) is 10.1. The van der Waals surface area contributed by atoms with E-state index < -0.39 is 6.35 Å². The number of likely N-dealkylation sites (N-methyl/N-ethyl adjacent to an activating group) is 1. The number of anilines is 5. The second kappa shape index (κ2) is 11.4. The van der Waals surface area contributed by atoms with Crippen LogP contribution in [-0.4, -0.2) is 71.0 Å². The summed E-state index contributed by atoms with van der Waals surface area (Å²) < 4.78 is 13.0. The molecule has 2 aromatic heterocycles. The van der Waals surface area contributed by atoms with Crippen LogP contribution in [0.5, 0.6) is 11.5 Å². The smallest absolute Gasteiger partial charge is 0.229 e. The first-order valence-electron chi connectivity index (χ1n) is 13.1. The number of rotatable bonds is 9. The Balaban J connectivity index is 1.56. The van der Waals surface area contributed by atoms with Crippen LogP contribution >= 0.6 is 0 Å². The quantitative estimate of drug-likeness (QED) is 0.321. The van der Waals surface area contributed by atoms with Gasteiger partial charge in [-0.1, -0.05) is 18.2 Å². The van der Waals surface area contributed by atoms with Crippen molar-refractivity contribution in [2.24, 2.45) is 0 Å². The van der Waals surface area contributed by atoms with E-state index in [4.69, 9.17) is 14.5 Å². The highest BCUT2D eigenvalue weighted by atomic mass is 16.5. The Morgan fingerprint density at radius 2 is 1.85 bits per heavy atom. The van der Waals surface area contributed by atoms with Crippen molar-refractivity contribution in [3.63, 3.8) is 0 Å². The fourth-order valence-corrected chi connectivity index (χ4v) is 4.95. The van der Waals surface area contributed by atoms with Gasteiger partial charge >= 0.3 is 0 Å². The van der Waals surface area contributed by atoms with Crippen molar-refractivity contribution in [2.75, 3.05) is 50.0 Å². The summed E-state index contributed by atoms with van der Waals surface area (Å²) in [6.07, 6.45) is 4.41. The molecule has 0 radical (unpaired) electrons. The molecule has 1 aliphatic rings. The van der Waals surface area contributed by atoms with Crippen LogP contribution < -0.4 is 24.6 Å². The molecule has 1 atom stereocenters. The molecule has 40 heavy (non-hydrogen) atoms. The number of hydrogen-bond donors (Lipinski definition) is 2. The van der Waals surface area contributed by atoms with Crippen molar-refractivity contribution in [1.29, 1.82) is 0 Å². The van der Waals surface area contributed by atoms with Crippen LogP contribution in [0, 0.1) is 13.8 Å². The zero-order chi connectivity index (χ0) is 28.4. The molecule has 1 unspecified atom stereocenters. The Morgan fingerprint density at radius 3 is 2.55 bits per heavy atom. The first-order valence-corrected chi connectivity index (χ1v) is 13.1. The van der Waals surface area contributed by atoms with Crippen LogP contribution in [0.2, 0.25) is 0 Å². The van der Waals surface area contributed by atoms with Crippen LogP contribution in [0.4, 0.5) is 28.8 Å². The van der Waals surface area contributed by atoms with E-state index in [2.05, 4.69) is 20.3 Å². The minimum Gasteiger partial charge on any atom is -0.497 e. The molecule has 0 saturated carbocycles. The predicted octanol–water partition coefficient (Wildman–Crippen LogP) is 4.05. The van der Waals surface area contributed by atoms with Gasteiger partial charge in [-0.05, 0) is 51.2 Å². The second-order valence-corrected chi connectivity index (χ2v) is 10.1. The van der Waals surface area contributed by atoms with E-state index in [1.807, 2.05) is 74.1 Å². The van der Waals surface area contributed by atoms with E-state index in [0.29, 0.717) is 35.5 Å². The highest BCUT2D eigenvalue weighted by Gasteiger charge is 2.36. The summed E-state index contributed by atoms with van der Waals surface area (Å²) in [4.78, 5) is 15.3. The zero-order valence-electron chi connectivity index (χ0n) is 23.8. The molecule has 4 aromatic rings. The third-order valence-electron chi connectivity index (χ3n) is 6.96. The fourth-order valence-electron chi connectivity index (χ4n) is 4.95. The molecule has 2 N–H and O–H groups in total. The van der Waals surface area contributed by atoms with Crippen LogP contribution in [0.25, 0.3) is 0 Å². The minimum absolute atomic E-state index is 0.399. The number of para-hydroxylation sites is 1. The maximum Gasteiger partial charge on any atom is 0.229 e. The van der Waals surface area contributed by atoms with E-state index in [9.17, 15) is 5.11 Å². The van der Waals surface area contributed by atoms with Crippen LogP contribution in [-0.2, 0) is 13.1 Å². The number of benzene rings is 2. The lowest BCUT2D eigenvalue weighted by Gasteiger charge is -2.44. The van der Waals surface area contributed by atoms with E-state index >= 15 is 0 Å². The van der Waals surface area contributed by atoms with Crippen LogP contribution in [0.15, 0.2) is 55.0 Å². The topological polar surface area (TPSA) is 104 Å². The first kappa shape index (κ1) is 27.2. The summed E-state index contributed by atoms with van der Waals surface area (Å²) >= 11 is 0. The molecule has 0 spiro atoms. The lowest BCUT2D eigenvalue weighted by molar-refractivity contribution is 0.165. The SMILES string of the molecule is COc1ccc(N2c3nc(Nc4cnn(CCN(C)C)c4)ncc3CN(c3c(C)cccc3C)C2O)c(OC)c1. The standard InChI is InChI=1S/C29H36N8O3/c1-19-8-7-9-20(2)26(19)36-17-21-15-30-28(32-22-16-31-35(18-22)13-12-34(3)4)33-27(21)37(29(36)38)24-11-10-23(39-5)14-25(24)40-6/h7-11,14-16,18,29,38H,12-13,17H2,1-6H3,(H,30,32,33). The Kier molecular flexibility index (Phi) is 7.76. The molecule has 3 heterocycles. The van der Waals surface area contributed by atoms with Crippen molar-refractivity contribution in [3.05, 3.63) is 71.7 Å². The minimum atomic E-state index is -1.06. The average molecular weight is 545 g/mol. The van der Waals surface area contributed by atoms with Gasteiger partial charge in [0.15, 0.2) is 0 Å². The highest BCUT2D eigenvalue weighted by Crippen LogP contribution is 2.43. The number of aliphatic hydroxyl groups is 1. The largest absolute Gasteiger partial charge is 0.497 e. The summed E-state index contributed by atoms with van der Waals surface area (Å²) in [6, 6.07) is 11.6. The number of aliphatic hydroxyl groups excluding tert-OH is 1. The van der Waals surface area contributed by atoms with Crippen molar-refractivity contribution >= 4 is 28.8 Å². The number of ether oxygens (including phenoxy) is 2. The van der Waals surface area contributed by atoms with E-state index in [-0.39, 0.29) is 0 Å². The molecule has 0 amide bonds. The summed E-state index contributed by atoms with van der Waals surface area (Å²) in [5.41, 5.74) is 5.38. The normalized spacial score (nSPS) is 14.8. The van der Waals surface area contributed by atoms with Crippen LogP contribution in [0.3, 0.4) is 0 Å². The van der Waals surface area contributed by atoms with E-state index in [0.717, 1.165) is 41.2 Å². The number of methoxy groups -OCH3 is 2. The number of nitrogens with zero attached hydrogens (tertiary/aromatic N) is 7. The van der Waals surface area contributed by atoms with Gasteiger partial charge < -0.3 is 29.7 Å². The average Bonchev–Trinajstić information content (AvgIpc) is 3.39. The first-order chi connectivity index (χ1) is 19.3. The van der Waals surface area contributed by atoms with Gasteiger partial charge in [0.1, 0.15) is 17.3 Å². The number of aryl methyl sites for hydroxylation is 2. The molecule has 2 aromatic carbocycles. The lowest BCUT2D eigenvalue weighted by Crippen LogP contribution is -2.51. The molecule has 0 bridgehead atoms. The van der Waals surface area contributed by atoms with E-state index in [1.165, 1.54) is 0 Å². The van der Waals surface area contributed by atoms with Gasteiger partial charge in [-0.3, -0.25) is 9.58 Å². The Hall–Kier alpha value is -4.35. The third kappa shape index (κ3) is 5.38. The van der Waals surface area contributed by atoms with Gasteiger partial charge in [0.2, 0.25) is 12.3 Å². The molecule has 5 rings (SSSR count). The molecule has 0 saturated heterocycles. The van der Waals surface area contributed by atoms with Gasteiger partial charge in [0, 0.05) is 36.3 Å². The molecular weight excluding hydrogens is 508 g/mol. The fraction of sp³-hybridized carbons (Fsp3) is 0.345. The Labute approximate surface area is 234 Å². The van der Waals surface area contributed by atoms with Crippen molar-refractivity contribution in [1.82, 2.24) is 24.6 Å². The lowest BCUT2D eigenvalue weighted by atomic mass is 10.1. The molecule has 210 valence electrons. The molecular formula is C29H36N8O3. The number of aromatic nitrogens is 4. The van der Waals surface area contributed by atoms with Gasteiger partial charge in [0.25, 0.3) is 0 Å². The summed E-state index contributed by atoms with van der Waals surface area (Å²) in [5.74, 6) is 2.17. The monoisotopic (exact) mass is 544 g/mol. The number of fused-ring (bicyclic) bond motifs is 1. The van der Waals surface area contributed by atoms with Crippen molar-refractivity contribution in [3.8, 4) is 11.5 Å². The molecule has 11 heteroatoms. The van der Waals surface area contributed by atoms with Gasteiger partial charge in [0.05, 0.1) is 44.9 Å². The third-order valence-corrected chi connectivity index (χ3v) is 6.96. The van der Waals surface area contributed by atoms with Crippen LogP contribution in [0.1, 0.15) is 16.7 Å². The number of hydrogen-bond acceptors (Lipinski definition) is 10. The summed E-state index contributed by atoms with van der Waals surface area (Å²) in [7, 11) is 7.27. The summed E-state index contributed by atoms with van der Waals surface area (Å²) in [5, 5.41) is 19.6. The highest BCUT2D eigenvalue weighted by molar-refractivity contribution is 5.75. The zero-order valence-corrected chi connectivity index (χ0v) is 23.8. The van der Waals surface area contributed by atoms with E-state index in [1.54, 1.807) is 37.6 Å².